The van der Waals surface area contributed by atoms with Crippen LogP contribution in [0.1, 0.15) is 17.2 Å². The molecule has 1 amide bonds. The number of rotatable bonds is 4. The molecule has 2 aromatic carbocycles. The summed E-state index contributed by atoms with van der Waals surface area (Å²) in [5.74, 6) is 0.0329. The molecule has 0 aliphatic carbocycles. The Kier molecular flexibility index (Phi) is 5.13. The summed E-state index contributed by atoms with van der Waals surface area (Å²) in [6, 6.07) is 16.3. The van der Waals surface area contributed by atoms with Crippen molar-refractivity contribution in [3.05, 3.63) is 65.7 Å². The summed E-state index contributed by atoms with van der Waals surface area (Å²) in [6.45, 7) is 3.45. The first-order chi connectivity index (χ1) is 11.6. The molecule has 5 nitrogen and oxygen atoms in total. The number of benzene rings is 2. The van der Waals surface area contributed by atoms with E-state index in [1.54, 1.807) is 29.2 Å². The quantitative estimate of drug-likeness (QED) is 0.899. The van der Waals surface area contributed by atoms with E-state index in [1.165, 1.54) is 0 Å². The van der Waals surface area contributed by atoms with Crippen LogP contribution in [0.2, 0.25) is 0 Å². The second-order valence-corrected chi connectivity index (χ2v) is 6.08. The average molecular weight is 326 g/mol. The first-order valence-electron chi connectivity index (χ1n) is 8.15. The SMILES string of the molecule is O=C([C@@H](O)c1ccccc1)N1CCN(Cc2cccc(O)c2)CC1. The van der Waals surface area contributed by atoms with Gasteiger partial charge in [0.1, 0.15) is 5.75 Å². The number of phenolic OH excluding ortho intramolecular Hbond substituents is 1. The maximum Gasteiger partial charge on any atom is 0.256 e. The second-order valence-electron chi connectivity index (χ2n) is 6.08. The Hall–Kier alpha value is -2.37. The molecule has 1 fully saturated rings. The summed E-state index contributed by atoms with van der Waals surface area (Å²) in [7, 11) is 0. The number of nitrogens with zero attached hydrogens (tertiary/aromatic N) is 2. The molecular formula is C19H22N2O3. The number of piperazine rings is 1. The van der Waals surface area contributed by atoms with Gasteiger partial charge in [-0.2, -0.15) is 0 Å². The van der Waals surface area contributed by atoms with Crippen LogP contribution in [-0.4, -0.2) is 52.1 Å². The normalized spacial score (nSPS) is 16.8. The molecule has 3 rings (SSSR count). The summed E-state index contributed by atoms with van der Waals surface area (Å²) >= 11 is 0. The number of hydrogen-bond donors (Lipinski definition) is 2. The van der Waals surface area contributed by atoms with E-state index in [1.807, 2.05) is 30.3 Å². The van der Waals surface area contributed by atoms with Crippen molar-refractivity contribution in [2.75, 3.05) is 26.2 Å². The summed E-state index contributed by atoms with van der Waals surface area (Å²) < 4.78 is 0. The molecule has 1 saturated heterocycles. The van der Waals surface area contributed by atoms with Crippen molar-refractivity contribution in [2.45, 2.75) is 12.6 Å². The van der Waals surface area contributed by atoms with E-state index in [4.69, 9.17) is 0 Å². The zero-order chi connectivity index (χ0) is 16.9. The van der Waals surface area contributed by atoms with Gasteiger partial charge in [-0.15, -0.1) is 0 Å². The predicted octanol–water partition coefficient (Wildman–Crippen LogP) is 1.77. The fourth-order valence-electron chi connectivity index (χ4n) is 2.99. The molecule has 0 bridgehead atoms. The molecule has 1 aliphatic heterocycles. The number of aliphatic hydroxyl groups is 1. The van der Waals surface area contributed by atoms with Gasteiger partial charge in [0.05, 0.1) is 0 Å². The number of aliphatic hydroxyl groups excluding tert-OH is 1. The van der Waals surface area contributed by atoms with Crippen LogP contribution in [0.3, 0.4) is 0 Å². The molecule has 1 atom stereocenters. The molecule has 2 aromatic rings. The van der Waals surface area contributed by atoms with E-state index in [9.17, 15) is 15.0 Å². The predicted molar refractivity (Wildman–Crippen MR) is 91.4 cm³/mol. The van der Waals surface area contributed by atoms with Crippen molar-refractivity contribution in [1.29, 1.82) is 0 Å². The molecular weight excluding hydrogens is 304 g/mol. The van der Waals surface area contributed by atoms with Crippen LogP contribution in [0.15, 0.2) is 54.6 Å². The van der Waals surface area contributed by atoms with Gasteiger partial charge in [-0.1, -0.05) is 42.5 Å². The van der Waals surface area contributed by atoms with Crippen molar-refractivity contribution in [3.63, 3.8) is 0 Å². The smallest absolute Gasteiger partial charge is 0.256 e. The Morgan fingerprint density at radius 1 is 1.00 bits per heavy atom. The van der Waals surface area contributed by atoms with Gasteiger partial charge in [-0.25, -0.2) is 0 Å². The van der Waals surface area contributed by atoms with Gasteiger partial charge in [-0.3, -0.25) is 9.69 Å². The molecule has 0 radical (unpaired) electrons. The molecule has 126 valence electrons. The number of hydrogen-bond acceptors (Lipinski definition) is 4. The lowest BCUT2D eigenvalue weighted by atomic mass is 10.1. The van der Waals surface area contributed by atoms with Crippen LogP contribution in [0.25, 0.3) is 0 Å². The van der Waals surface area contributed by atoms with Crippen molar-refractivity contribution < 1.29 is 15.0 Å². The highest BCUT2D eigenvalue weighted by atomic mass is 16.3. The highest BCUT2D eigenvalue weighted by Gasteiger charge is 2.26. The van der Waals surface area contributed by atoms with Gasteiger partial charge >= 0.3 is 0 Å². The molecule has 0 saturated carbocycles. The van der Waals surface area contributed by atoms with Crippen LogP contribution in [-0.2, 0) is 11.3 Å². The minimum absolute atomic E-state index is 0.238. The molecule has 0 spiro atoms. The maximum atomic E-state index is 12.4. The summed E-state index contributed by atoms with van der Waals surface area (Å²) in [4.78, 5) is 16.4. The van der Waals surface area contributed by atoms with Crippen LogP contribution >= 0.6 is 0 Å². The van der Waals surface area contributed by atoms with Crippen LogP contribution in [0, 0.1) is 0 Å². The van der Waals surface area contributed by atoms with E-state index in [-0.39, 0.29) is 11.7 Å². The Morgan fingerprint density at radius 3 is 2.38 bits per heavy atom. The van der Waals surface area contributed by atoms with Crippen molar-refractivity contribution in [1.82, 2.24) is 9.80 Å². The largest absolute Gasteiger partial charge is 0.508 e. The number of phenols is 1. The topological polar surface area (TPSA) is 64.0 Å². The lowest BCUT2D eigenvalue weighted by molar-refractivity contribution is -0.142. The summed E-state index contributed by atoms with van der Waals surface area (Å²) in [6.07, 6.45) is -1.09. The molecule has 0 unspecified atom stereocenters. The van der Waals surface area contributed by atoms with E-state index >= 15 is 0 Å². The fourth-order valence-corrected chi connectivity index (χ4v) is 2.99. The Morgan fingerprint density at radius 2 is 1.71 bits per heavy atom. The van der Waals surface area contributed by atoms with Crippen LogP contribution in [0.4, 0.5) is 0 Å². The van der Waals surface area contributed by atoms with Gasteiger partial charge in [0, 0.05) is 32.7 Å². The number of carbonyl (C=O) groups excluding carboxylic acids is 1. The Bertz CT molecular complexity index is 682. The number of aromatic hydroxyl groups is 1. The van der Waals surface area contributed by atoms with Gasteiger partial charge in [0.2, 0.25) is 0 Å². The third-order valence-corrected chi connectivity index (χ3v) is 4.35. The molecule has 5 heteroatoms. The number of carbonyl (C=O) groups is 1. The molecule has 1 aliphatic rings. The highest BCUT2D eigenvalue weighted by molar-refractivity contribution is 5.82. The lowest BCUT2D eigenvalue weighted by Crippen LogP contribution is -2.49. The average Bonchev–Trinajstić information content (AvgIpc) is 2.62. The third-order valence-electron chi connectivity index (χ3n) is 4.35. The molecule has 1 heterocycles. The van der Waals surface area contributed by atoms with E-state index in [0.29, 0.717) is 18.7 Å². The molecule has 2 N–H and O–H groups in total. The van der Waals surface area contributed by atoms with E-state index in [0.717, 1.165) is 25.2 Å². The lowest BCUT2D eigenvalue weighted by Gasteiger charge is -2.35. The maximum absolute atomic E-state index is 12.4. The monoisotopic (exact) mass is 326 g/mol. The first kappa shape index (κ1) is 16.5. The van der Waals surface area contributed by atoms with E-state index in [2.05, 4.69) is 4.90 Å². The zero-order valence-electron chi connectivity index (χ0n) is 13.5. The van der Waals surface area contributed by atoms with Crippen LogP contribution in [0.5, 0.6) is 5.75 Å². The standard InChI is InChI=1S/C19H22N2O3/c22-17-8-4-5-15(13-17)14-20-9-11-21(12-10-20)19(24)18(23)16-6-2-1-3-7-16/h1-8,13,18,22-23H,9-12,14H2/t18-/m0/s1. The van der Waals surface area contributed by atoms with Crippen molar-refractivity contribution in [3.8, 4) is 5.75 Å². The first-order valence-corrected chi connectivity index (χ1v) is 8.15. The zero-order valence-corrected chi connectivity index (χ0v) is 13.5. The molecule has 24 heavy (non-hydrogen) atoms. The Balaban J connectivity index is 1.54. The molecule has 0 aromatic heterocycles. The van der Waals surface area contributed by atoms with Crippen molar-refractivity contribution >= 4 is 5.91 Å². The minimum Gasteiger partial charge on any atom is -0.508 e. The van der Waals surface area contributed by atoms with Gasteiger partial charge < -0.3 is 15.1 Å². The van der Waals surface area contributed by atoms with Gasteiger partial charge in [-0.05, 0) is 23.3 Å². The van der Waals surface area contributed by atoms with Gasteiger partial charge in [0.25, 0.3) is 5.91 Å². The summed E-state index contributed by atoms with van der Waals surface area (Å²) in [5, 5.41) is 19.8. The van der Waals surface area contributed by atoms with Gasteiger partial charge in [0.15, 0.2) is 6.10 Å². The fraction of sp³-hybridized carbons (Fsp3) is 0.316. The van der Waals surface area contributed by atoms with Crippen LogP contribution < -0.4 is 0 Å². The van der Waals surface area contributed by atoms with E-state index < -0.39 is 6.10 Å². The third kappa shape index (κ3) is 3.93. The number of amides is 1. The highest BCUT2D eigenvalue weighted by Crippen LogP contribution is 2.18. The summed E-state index contributed by atoms with van der Waals surface area (Å²) in [5.41, 5.74) is 1.68. The Labute approximate surface area is 141 Å². The van der Waals surface area contributed by atoms with Crippen molar-refractivity contribution in [2.24, 2.45) is 0 Å². The second kappa shape index (κ2) is 7.47. The minimum atomic E-state index is -1.09.